The second kappa shape index (κ2) is 5.76. The number of nitrogens with two attached hydrogens (primary N) is 1. The van der Waals surface area contributed by atoms with Crippen molar-refractivity contribution in [3.8, 4) is 0 Å². The van der Waals surface area contributed by atoms with E-state index in [9.17, 15) is 8.42 Å². The van der Waals surface area contributed by atoms with E-state index in [2.05, 4.69) is 11.8 Å². The van der Waals surface area contributed by atoms with Gasteiger partial charge in [0, 0.05) is 29.8 Å². The maximum Gasteiger partial charge on any atom is 0.243 e. The van der Waals surface area contributed by atoms with Crippen molar-refractivity contribution in [2.24, 2.45) is 5.92 Å². The SMILES string of the molecule is Cc1c(N)cc(Cl)cc1S(=O)(=O)N1CC(C)C(N(C)C)C1. The van der Waals surface area contributed by atoms with Crippen LogP contribution in [-0.2, 0) is 10.0 Å². The summed E-state index contributed by atoms with van der Waals surface area (Å²) in [6, 6.07) is 3.28. The number of nitrogen functional groups attached to an aromatic ring is 1. The van der Waals surface area contributed by atoms with E-state index in [-0.39, 0.29) is 16.9 Å². The molecule has 0 spiro atoms. The molecule has 0 radical (unpaired) electrons. The van der Waals surface area contributed by atoms with Crippen LogP contribution in [0.15, 0.2) is 17.0 Å². The summed E-state index contributed by atoms with van der Waals surface area (Å²) in [7, 11) is 0.373. The second-order valence-corrected chi connectivity index (χ2v) is 8.29. The quantitative estimate of drug-likeness (QED) is 0.858. The van der Waals surface area contributed by atoms with E-state index in [0.717, 1.165) is 0 Å². The molecule has 2 rings (SSSR count). The zero-order chi connectivity index (χ0) is 15.9. The van der Waals surface area contributed by atoms with E-state index in [1.54, 1.807) is 13.0 Å². The Morgan fingerprint density at radius 1 is 1.33 bits per heavy atom. The molecule has 7 heteroatoms. The maximum absolute atomic E-state index is 12.9. The number of hydrogen-bond donors (Lipinski definition) is 1. The van der Waals surface area contributed by atoms with Gasteiger partial charge < -0.3 is 10.6 Å². The molecule has 1 fully saturated rings. The molecule has 1 saturated heterocycles. The smallest absolute Gasteiger partial charge is 0.243 e. The molecule has 1 heterocycles. The molecule has 0 aliphatic carbocycles. The van der Waals surface area contributed by atoms with Crippen LogP contribution < -0.4 is 5.73 Å². The normalized spacial score (nSPS) is 23.9. The number of anilines is 1. The molecule has 1 aromatic carbocycles. The monoisotopic (exact) mass is 331 g/mol. The van der Waals surface area contributed by atoms with Gasteiger partial charge in [-0.2, -0.15) is 4.31 Å². The molecule has 0 amide bonds. The summed E-state index contributed by atoms with van der Waals surface area (Å²) in [5.74, 6) is 0.284. The van der Waals surface area contributed by atoms with Gasteiger partial charge in [-0.3, -0.25) is 0 Å². The number of likely N-dealkylation sites (N-methyl/N-ethyl adjacent to an activating group) is 1. The van der Waals surface area contributed by atoms with Crippen molar-refractivity contribution in [2.75, 3.05) is 32.9 Å². The topological polar surface area (TPSA) is 66.6 Å². The van der Waals surface area contributed by atoms with Gasteiger partial charge in [0.05, 0.1) is 4.90 Å². The molecule has 0 saturated carbocycles. The predicted octanol–water partition coefficient (Wildman–Crippen LogP) is 1.80. The van der Waals surface area contributed by atoms with Crippen LogP contribution in [0.5, 0.6) is 0 Å². The fourth-order valence-electron chi connectivity index (χ4n) is 2.86. The number of nitrogens with zero attached hydrogens (tertiary/aromatic N) is 2. The van der Waals surface area contributed by atoms with Crippen molar-refractivity contribution in [1.29, 1.82) is 0 Å². The summed E-state index contributed by atoms with van der Waals surface area (Å²) in [5, 5.41) is 0.341. The van der Waals surface area contributed by atoms with Crippen LogP contribution in [0.4, 0.5) is 5.69 Å². The molecule has 1 aliphatic rings. The summed E-state index contributed by atoms with van der Waals surface area (Å²) >= 11 is 5.97. The molecule has 1 aliphatic heterocycles. The highest BCUT2D eigenvalue weighted by Crippen LogP contribution is 2.31. The van der Waals surface area contributed by atoms with Crippen LogP contribution in [0, 0.1) is 12.8 Å². The molecule has 0 aromatic heterocycles. The lowest BCUT2D eigenvalue weighted by Crippen LogP contribution is -2.36. The first-order chi connectivity index (χ1) is 9.64. The Kier molecular flexibility index (Phi) is 4.54. The van der Waals surface area contributed by atoms with Gasteiger partial charge >= 0.3 is 0 Å². The second-order valence-electron chi connectivity index (χ2n) is 5.95. The highest BCUT2D eigenvalue weighted by atomic mass is 35.5. The Morgan fingerprint density at radius 3 is 2.48 bits per heavy atom. The molecule has 2 N–H and O–H groups in total. The van der Waals surface area contributed by atoms with Gasteiger partial charge in [0.1, 0.15) is 0 Å². The minimum atomic E-state index is -3.57. The van der Waals surface area contributed by atoms with Crippen LogP contribution in [0.3, 0.4) is 0 Å². The maximum atomic E-state index is 12.9. The summed E-state index contributed by atoms with van der Waals surface area (Å²) in [6.07, 6.45) is 0. The van der Waals surface area contributed by atoms with Gasteiger partial charge in [0.25, 0.3) is 0 Å². The van der Waals surface area contributed by atoms with Crippen molar-refractivity contribution >= 4 is 27.3 Å². The molecule has 0 bridgehead atoms. The molecular weight excluding hydrogens is 310 g/mol. The van der Waals surface area contributed by atoms with Crippen molar-refractivity contribution < 1.29 is 8.42 Å². The largest absolute Gasteiger partial charge is 0.398 e. The van der Waals surface area contributed by atoms with Crippen molar-refractivity contribution in [3.63, 3.8) is 0 Å². The fraction of sp³-hybridized carbons (Fsp3) is 0.571. The van der Waals surface area contributed by atoms with E-state index >= 15 is 0 Å². The Bertz CT molecular complexity index is 646. The molecule has 5 nitrogen and oxygen atoms in total. The highest BCUT2D eigenvalue weighted by Gasteiger charge is 2.38. The third-order valence-electron chi connectivity index (χ3n) is 4.19. The molecule has 118 valence electrons. The predicted molar refractivity (Wildman–Crippen MR) is 86.0 cm³/mol. The minimum Gasteiger partial charge on any atom is -0.398 e. The number of rotatable bonds is 3. The standard InChI is InChI=1S/C14H22ClN3O2S/c1-9-7-18(8-13(9)17(3)4)21(19,20)14-6-11(15)5-12(16)10(14)2/h5-6,9,13H,7-8,16H2,1-4H3. The zero-order valence-electron chi connectivity index (χ0n) is 12.8. The summed E-state index contributed by atoms with van der Waals surface area (Å²) in [5.41, 5.74) is 6.80. The lowest BCUT2D eigenvalue weighted by Gasteiger charge is -2.22. The summed E-state index contributed by atoms with van der Waals surface area (Å²) in [4.78, 5) is 2.28. The van der Waals surface area contributed by atoms with Crippen LogP contribution >= 0.6 is 11.6 Å². The van der Waals surface area contributed by atoms with Crippen LogP contribution in [0.25, 0.3) is 0 Å². The van der Waals surface area contributed by atoms with Gasteiger partial charge in [-0.25, -0.2) is 8.42 Å². The summed E-state index contributed by atoms with van der Waals surface area (Å²) in [6.45, 7) is 4.78. The Hall–Kier alpha value is -0.820. The lowest BCUT2D eigenvalue weighted by atomic mass is 10.1. The minimum absolute atomic E-state index is 0.208. The van der Waals surface area contributed by atoms with E-state index in [1.807, 2.05) is 14.1 Å². The fourth-order valence-corrected chi connectivity index (χ4v) is 4.99. The summed E-state index contributed by atoms with van der Waals surface area (Å²) < 4.78 is 27.3. The van der Waals surface area contributed by atoms with Gasteiger partial charge in [0.2, 0.25) is 10.0 Å². The van der Waals surface area contributed by atoms with Gasteiger partial charge in [-0.1, -0.05) is 18.5 Å². The van der Waals surface area contributed by atoms with Gasteiger partial charge in [-0.05, 0) is 44.6 Å². The van der Waals surface area contributed by atoms with E-state index in [4.69, 9.17) is 17.3 Å². The number of halogens is 1. The molecule has 2 atom stereocenters. The average molecular weight is 332 g/mol. The van der Waals surface area contributed by atoms with E-state index in [1.165, 1.54) is 10.4 Å². The molecule has 2 unspecified atom stereocenters. The lowest BCUT2D eigenvalue weighted by molar-refractivity contribution is 0.263. The van der Waals surface area contributed by atoms with Crippen LogP contribution in [0.2, 0.25) is 5.02 Å². The van der Waals surface area contributed by atoms with Crippen LogP contribution in [-0.4, -0.2) is 50.8 Å². The van der Waals surface area contributed by atoms with Crippen molar-refractivity contribution in [3.05, 3.63) is 22.7 Å². The third kappa shape index (κ3) is 3.04. The zero-order valence-corrected chi connectivity index (χ0v) is 14.4. The number of benzene rings is 1. The highest BCUT2D eigenvalue weighted by molar-refractivity contribution is 7.89. The number of hydrogen-bond acceptors (Lipinski definition) is 4. The molecule has 21 heavy (non-hydrogen) atoms. The number of sulfonamides is 1. The first kappa shape index (κ1) is 16.5. The molecular formula is C14H22ClN3O2S. The first-order valence-corrected chi connectivity index (χ1v) is 8.68. The van der Waals surface area contributed by atoms with E-state index in [0.29, 0.717) is 29.4 Å². The van der Waals surface area contributed by atoms with Crippen molar-refractivity contribution in [2.45, 2.75) is 24.8 Å². The Morgan fingerprint density at radius 2 is 1.95 bits per heavy atom. The third-order valence-corrected chi connectivity index (χ3v) is 6.36. The van der Waals surface area contributed by atoms with Gasteiger partial charge in [0.15, 0.2) is 0 Å². The Balaban J connectivity index is 2.41. The van der Waals surface area contributed by atoms with Gasteiger partial charge in [-0.15, -0.1) is 0 Å². The van der Waals surface area contributed by atoms with E-state index < -0.39 is 10.0 Å². The Labute approximate surface area is 131 Å². The first-order valence-electron chi connectivity index (χ1n) is 6.86. The molecule has 1 aromatic rings. The van der Waals surface area contributed by atoms with Crippen LogP contribution in [0.1, 0.15) is 12.5 Å². The average Bonchev–Trinajstić information content (AvgIpc) is 2.76. The van der Waals surface area contributed by atoms with Crippen molar-refractivity contribution in [1.82, 2.24) is 9.21 Å².